The number of rotatable bonds is 2. The fraction of sp³-hybridized carbons (Fsp3) is 1.00. The summed E-state index contributed by atoms with van der Waals surface area (Å²) in [6.45, 7) is 0.0589. The minimum absolute atomic E-state index is 0.106. The normalized spacial score (nSPS) is 42.6. The molecule has 0 spiro atoms. The number of aliphatic hydroxyl groups is 3. The van der Waals surface area contributed by atoms with Crippen LogP contribution in [-0.2, 0) is 0 Å². The van der Waals surface area contributed by atoms with E-state index in [1.807, 2.05) is 0 Å². The highest BCUT2D eigenvalue weighted by atomic mass is 16.4. The maximum absolute atomic E-state index is 9.86. The van der Waals surface area contributed by atoms with Crippen LogP contribution in [0.3, 0.4) is 0 Å². The third-order valence-electron chi connectivity index (χ3n) is 2.02. The molecule has 0 radical (unpaired) electrons. The molecule has 1 fully saturated rings. The van der Waals surface area contributed by atoms with Crippen molar-refractivity contribution >= 4 is 0 Å². The highest BCUT2D eigenvalue weighted by Gasteiger charge is 2.36. The fourth-order valence-corrected chi connectivity index (χ4v) is 1.23. The Morgan fingerprint density at radius 2 is 2.00 bits per heavy atom. The zero-order valence-corrected chi connectivity index (χ0v) is 6.42. The molecule has 1 heterocycles. The van der Waals surface area contributed by atoms with E-state index in [9.17, 15) is 10.0 Å². The summed E-state index contributed by atoms with van der Waals surface area (Å²) in [6, 6.07) is -0.555. The van der Waals surface area contributed by atoms with Crippen LogP contribution in [0.1, 0.15) is 0 Å². The number of aliphatic hydroxyl groups excluding tert-OH is 3. The van der Waals surface area contributed by atoms with Gasteiger partial charge in [0.2, 0.25) is 0 Å². The molecule has 70 valence electrons. The van der Waals surface area contributed by atoms with Crippen molar-refractivity contribution in [1.82, 2.24) is 5.32 Å². The van der Waals surface area contributed by atoms with Gasteiger partial charge in [-0.3, -0.25) is 0 Å². The average Bonchev–Trinajstić information content (AvgIpc) is 2.07. The highest BCUT2D eigenvalue weighted by Crippen LogP contribution is 2.10. The predicted octanol–water partition coefficient (Wildman–Crippen LogP) is -2.19. The zero-order chi connectivity index (χ0) is 9.14. The molecule has 0 aromatic heterocycles. The van der Waals surface area contributed by atoms with Gasteiger partial charge in [0.15, 0.2) is 0 Å². The van der Waals surface area contributed by atoms with E-state index < -0.39 is 24.4 Å². The number of nitroso groups, excluding NO2 is 1. The molecule has 0 bridgehead atoms. The lowest BCUT2D eigenvalue weighted by atomic mass is 9.96. The van der Waals surface area contributed by atoms with Crippen LogP contribution in [0.15, 0.2) is 5.18 Å². The summed E-state index contributed by atoms with van der Waals surface area (Å²) >= 11 is 0. The van der Waals surface area contributed by atoms with Gasteiger partial charge in [0.05, 0.1) is 24.8 Å². The minimum Gasteiger partial charge on any atom is -0.389 e. The molecule has 1 rings (SSSR count). The predicted molar refractivity (Wildman–Crippen MR) is 40.5 cm³/mol. The van der Waals surface area contributed by atoms with Crippen molar-refractivity contribution < 1.29 is 15.3 Å². The lowest BCUT2D eigenvalue weighted by Crippen LogP contribution is -2.60. The third kappa shape index (κ3) is 1.78. The van der Waals surface area contributed by atoms with Gasteiger partial charge in [0.1, 0.15) is 6.10 Å². The van der Waals surface area contributed by atoms with E-state index in [-0.39, 0.29) is 13.1 Å². The first-order chi connectivity index (χ1) is 5.66. The summed E-state index contributed by atoms with van der Waals surface area (Å²) in [5.41, 5.74) is 0. The van der Waals surface area contributed by atoms with Gasteiger partial charge in [-0.25, -0.2) is 0 Å². The van der Waals surface area contributed by atoms with Gasteiger partial charge in [-0.2, -0.15) is 4.91 Å². The first-order valence-corrected chi connectivity index (χ1v) is 3.73. The van der Waals surface area contributed by atoms with Crippen LogP contribution < -0.4 is 5.32 Å². The van der Waals surface area contributed by atoms with Crippen molar-refractivity contribution in [3.63, 3.8) is 0 Å². The van der Waals surface area contributed by atoms with Crippen molar-refractivity contribution in [2.24, 2.45) is 5.18 Å². The third-order valence-corrected chi connectivity index (χ3v) is 2.02. The average molecular weight is 176 g/mol. The Kier molecular flexibility index (Phi) is 3.10. The molecule has 12 heavy (non-hydrogen) atoms. The van der Waals surface area contributed by atoms with Crippen molar-refractivity contribution in [2.45, 2.75) is 24.4 Å². The van der Waals surface area contributed by atoms with E-state index in [1.165, 1.54) is 0 Å². The molecular formula is C6H12N2O4. The van der Waals surface area contributed by atoms with Gasteiger partial charge in [-0.15, -0.1) is 0 Å². The van der Waals surface area contributed by atoms with Gasteiger partial charge in [-0.1, -0.05) is 5.18 Å². The Labute approximate surface area is 69.2 Å². The standard InChI is InChI=1S/C6H12N2O4/c9-4-2-7-3(1-8-12)5(10)6(4)11/h3-7,9-11H,1-2H2/t3-,4-,5?,6?/m0/s1. The monoisotopic (exact) mass is 176 g/mol. The first kappa shape index (κ1) is 9.53. The number of β-amino-alcohol motifs (C(OH)–C–C–N with tert-alkyl or cyclic N) is 1. The maximum Gasteiger partial charge on any atom is 0.109 e. The van der Waals surface area contributed by atoms with Crippen LogP contribution in [0.4, 0.5) is 0 Å². The van der Waals surface area contributed by atoms with Crippen LogP contribution in [0.5, 0.6) is 0 Å². The van der Waals surface area contributed by atoms with Crippen LogP contribution in [0.25, 0.3) is 0 Å². The molecule has 6 nitrogen and oxygen atoms in total. The zero-order valence-electron chi connectivity index (χ0n) is 6.42. The molecule has 0 aromatic carbocycles. The second kappa shape index (κ2) is 3.90. The van der Waals surface area contributed by atoms with Crippen LogP contribution in [0, 0.1) is 4.91 Å². The molecule has 1 aliphatic heterocycles. The van der Waals surface area contributed by atoms with Crippen molar-refractivity contribution in [3.05, 3.63) is 4.91 Å². The van der Waals surface area contributed by atoms with Crippen molar-refractivity contribution in [2.75, 3.05) is 13.1 Å². The van der Waals surface area contributed by atoms with Gasteiger partial charge in [-0.05, 0) is 0 Å². The largest absolute Gasteiger partial charge is 0.389 e. The second-order valence-corrected chi connectivity index (χ2v) is 2.87. The molecule has 4 N–H and O–H groups in total. The highest BCUT2D eigenvalue weighted by molar-refractivity contribution is 4.92. The molecule has 4 atom stereocenters. The van der Waals surface area contributed by atoms with Crippen molar-refractivity contribution in [1.29, 1.82) is 0 Å². The molecule has 0 aromatic rings. The van der Waals surface area contributed by atoms with Crippen LogP contribution in [0.2, 0.25) is 0 Å². The molecule has 1 aliphatic rings. The molecule has 0 saturated carbocycles. The number of hydrogen-bond donors (Lipinski definition) is 4. The Morgan fingerprint density at radius 1 is 1.33 bits per heavy atom. The molecule has 6 heteroatoms. The summed E-state index contributed by atoms with van der Waals surface area (Å²) in [7, 11) is 0. The summed E-state index contributed by atoms with van der Waals surface area (Å²) in [4.78, 5) is 9.86. The van der Waals surface area contributed by atoms with E-state index in [1.54, 1.807) is 0 Å². The summed E-state index contributed by atoms with van der Waals surface area (Å²) < 4.78 is 0. The van der Waals surface area contributed by atoms with E-state index in [4.69, 9.17) is 10.2 Å². The Hall–Kier alpha value is -0.560. The Balaban J connectivity index is 2.52. The number of nitrogens with zero attached hydrogens (tertiary/aromatic N) is 1. The van der Waals surface area contributed by atoms with Crippen LogP contribution in [-0.4, -0.2) is 52.8 Å². The minimum atomic E-state index is -1.20. The lowest BCUT2D eigenvalue weighted by Gasteiger charge is -2.34. The Bertz CT molecular complexity index is 166. The summed E-state index contributed by atoms with van der Waals surface area (Å²) in [5.74, 6) is 0. The smallest absolute Gasteiger partial charge is 0.109 e. The number of nitrogens with one attached hydrogen (secondary N) is 1. The SMILES string of the molecule is O=NC[C@@H]1NC[C@H](O)C(O)C1O. The van der Waals surface area contributed by atoms with Gasteiger partial charge < -0.3 is 20.6 Å². The van der Waals surface area contributed by atoms with E-state index in [0.29, 0.717) is 0 Å². The van der Waals surface area contributed by atoms with Gasteiger partial charge in [0.25, 0.3) is 0 Å². The first-order valence-electron chi connectivity index (χ1n) is 3.73. The van der Waals surface area contributed by atoms with Crippen LogP contribution >= 0.6 is 0 Å². The fourth-order valence-electron chi connectivity index (χ4n) is 1.23. The molecule has 0 amide bonds. The maximum atomic E-state index is 9.86. The van der Waals surface area contributed by atoms with E-state index in [0.717, 1.165) is 0 Å². The van der Waals surface area contributed by atoms with Gasteiger partial charge >= 0.3 is 0 Å². The molecule has 2 unspecified atom stereocenters. The van der Waals surface area contributed by atoms with E-state index >= 15 is 0 Å². The molecule has 1 saturated heterocycles. The quantitative estimate of drug-likeness (QED) is 0.358. The van der Waals surface area contributed by atoms with E-state index in [2.05, 4.69) is 10.5 Å². The van der Waals surface area contributed by atoms with Crippen molar-refractivity contribution in [3.8, 4) is 0 Å². The number of hydrogen-bond acceptors (Lipinski definition) is 6. The summed E-state index contributed by atoms with van der Waals surface area (Å²) in [5, 5.41) is 32.8. The van der Waals surface area contributed by atoms with Gasteiger partial charge in [0, 0.05) is 6.54 Å². The second-order valence-electron chi connectivity index (χ2n) is 2.87. The molecule has 0 aliphatic carbocycles. The lowest BCUT2D eigenvalue weighted by molar-refractivity contribution is -0.0923. The Morgan fingerprint density at radius 3 is 2.58 bits per heavy atom. The number of piperidine rings is 1. The molecular weight excluding hydrogens is 164 g/mol. The topological polar surface area (TPSA) is 102 Å². The summed E-state index contributed by atoms with van der Waals surface area (Å²) in [6.07, 6.45) is -3.31.